The number of esters is 1. The second-order valence-corrected chi connectivity index (χ2v) is 6.51. The van der Waals surface area contributed by atoms with Crippen LogP contribution in [0.25, 0.3) is 0 Å². The van der Waals surface area contributed by atoms with E-state index in [1.165, 1.54) is 44.9 Å². The van der Waals surface area contributed by atoms with Gasteiger partial charge in [-0.05, 0) is 45.4 Å². The molecule has 3 nitrogen and oxygen atoms in total. The lowest BCUT2D eigenvalue weighted by atomic mass is 9.85. The lowest BCUT2D eigenvalue weighted by Crippen LogP contribution is -2.41. The van der Waals surface area contributed by atoms with E-state index < -0.39 is 0 Å². The normalized spacial score (nSPS) is 29.4. The summed E-state index contributed by atoms with van der Waals surface area (Å²) >= 11 is 0. The highest BCUT2D eigenvalue weighted by atomic mass is 16.5. The Morgan fingerprint density at radius 3 is 2.05 bits per heavy atom. The van der Waals surface area contributed by atoms with Crippen LogP contribution in [0.2, 0.25) is 0 Å². The zero-order valence-electron chi connectivity index (χ0n) is 13.0. The van der Waals surface area contributed by atoms with Gasteiger partial charge in [0.25, 0.3) is 0 Å². The lowest BCUT2D eigenvalue weighted by Gasteiger charge is -2.32. The fourth-order valence-corrected chi connectivity index (χ4v) is 3.71. The molecule has 0 aromatic heterocycles. The summed E-state index contributed by atoms with van der Waals surface area (Å²) in [5.74, 6) is 0.183. The van der Waals surface area contributed by atoms with Crippen LogP contribution in [0.4, 0.5) is 0 Å². The molecule has 2 rings (SSSR count). The number of carbonyl (C=O) groups is 1. The van der Waals surface area contributed by atoms with E-state index >= 15 is 0 Å². The minimum Gasteiger partial charge on any atom is -0.466 e. The molecule has 0 aliphatic heterocycles. The van der Waals surface area contributed by atoms with E-state index in [2.05, 4.69) is 5.32 Å². The third-order valence-corrected chi connectivity index (χ3v) is 4.92. The van der Waals surface area contributed by atoms with E-state index in [1.807, 2.05) is 6.92 Å². The molecule has 116 valence electrons. The molecule has 0 spiro atoms. The van der Waals surface area contributed by atoms with E-state index in [1.54, 1.807) is 0 Å². The Kier molecular flexibility index (Phi) is 6.85. The van der Waals surface area contributed by atoms with Crippen LogP contribution in [0.3, 0.4) is 0 Å². The maximum Gasteiger partial charge on any atom is 0.308 e. The Morgan fingerprint density at radius 2 is 1.45 bits per heavy atom. The van der Waals surface area contributed by atoms with Gasteiger partial charge >= 0.3 is 5.97 Å². The topological polar surface area (TPSA) is 38.3 Å². The van der Waals surface area contributed by atoms with Crippen molar-refractivity contribution in [3.63, 3.8) is 0 Å². The van der Waals surface area contributed by atoms with Gasteiger partial charge < -0.3 is 10.1 Å². The molecule has 0 heterocycles. The zero-order valence-corrected chi connectivity index (χ0v) is 13.0. The van der Waals surface area contributed by atoms with Crippen molar-refractivity contribution in [2.24, 2.45) is 5.92 Å². The maximum atomic E-state index is 11.7. The number of hydrogen-bond donors (Lipinski definition) is 1. The van der Waals surface area contributed by atoms with Gasteiger partial charge in [0, 0.05) is 12.1 Å². The van der Waals surface area contributed by atoms with E-state index in [0.29, 0.717) is 12.6 Å². The molecule has 0 aromatic rings. The van der Waals surface area contributed by atoms with Crippen LogP contribution in [0.5, 0.6) is 0 Å². The number of rotatable bonds is 4. The Labute approximate surface area is 123 Å². The van der Waals surface area contributed by atoms with Crippen LogP contribution in [0, 0.1) is 5.92 Å². The molecule has 2 saturated carbocycles. The van der Waals surface area contributed by atoms with E-state index in [9.17, 15) is 4.79 Å². The third-order valence-electron chi connectivity index (χ3n) is 4.92. The van der Waals surface area contributed by atoms with Gasteiger partial charge in [-0.2, -0.15) is 0 Å². The van der Waals surface area contributed by atoms with Crippen LogP contribution >= 0.6 is 0 Å². The fourth-order valence-electron chi connectivity index (χ4n) is 3.71. The van der Waals surface area contributed by atoms with Crippen molar-refractivity contribution in [3.8, 4) is 0 Å². The Morgan fingerprint density at radius 1 is 0.900 bits per heavy atom. The van der Waals surface area contributed by atoms with Crippen molar-refractivity contribution < 1.29 is 9.53 Å². The Hall–Kier alpha value is -0.570. The summed E-state index contributed by atoms with van der Waals surface area (Å²) in [5, 5.41) is 3.86. The Balaban J connectivity index is 1.69. The molecule has 0 saturated heterocycles. The van der Waals surface area contributed by atoms with E-state index in [0.717, 1.165) is 31.7 Å². The minimum absolute atomic E-state index is 0.0249. The average Bonchev–Trinajstić information content (AvgIpc) is 2.43. The number of ether oxygens (including phenoxy) is 1. The quantitative estimate of drug-likeness (QED) is 0.796. The van der Waals surface area contributed by atoms with Crippen molar-refractivity contribution in [2.75, 3.05) is 6.61 Å². The van der Waals surface area contributed by atoms with Crippen LogP contribution in [0.1, 0.15) is 77.6 Å². The van der Waals surface area contributed by atoms with Crippen molar-refractivity contribution in [2.45, 2.75) is 89.6 Å². The maximum absolute atomic E-state index is 11.7. The van der Waals surface area contributed by atoms with Gasteiger partial charge in [0.2, 0.25) is 0 Å². The molecule has 0 unspecified atom stereocenters. The number of hydrogen-bond acceptors (Lipinski definition) is 3. The highest BCUT2D eigenvalue weighted by Crippen LogP contribution is 2.27. The van der Waals surface area contributed by atoms with Crippen molar-refractivity contribution in [1.29, 1.82) is 0 Å². The molecule has 2 aliphatic carbocycles. The second kappa shape index (κ2) is 8.66. The summed E-state index contributed by atoms with van der Waals surface area (Å²) in [6.07, 6.45) is 14.0. The average molecular weight is 281 g/mol. The molecule has 1 N–H and O–H groups in total. The van der Waals surface area contributed by atoms with Gasteiger partial charge in [0.1, 0.15) is 0 Å². The molecule has 0 aromatic carbocycles. The van der Waals surface area contributed by atoms with Crippen LogP contribution in [0.15, 0.2) is 0 Å². The summed E-state index contributed by atoms with van der Waals surface area (Å²) in [4.78, 5) is 11.7. The van der Waals surface area contributed by atoms with Crippen LogP contribution < -0.4 is 5.32 Å². The largest absolute Gasteiger partial charge is 0.466 e. The van der Waals surface area contributed by atoms with E-state index in [-0.39, 0.29) is 11.9 Å². The van der Waals surface area contributed by atoms with Gasteiger partial charge in [-0.25, -0.2) is 0 Å². The summed E-state index contributed by atoms with van der Waals surface area (Å²) in [6.45, 7) is 2.40. The third kappa shape index (κ3) is 5.08. The summed E-state index contributed by atoms with van der Waals surface area (Å²) in [7, 11) is 0. The van der Waals surface area contributed by atoms with Crippen molar-refractivity contribution in [1.82, 2.24) is 5.32 Å². The molecule has 0 radical (unpaired) electrons. The fraction of sp³-hybridized carbons (Fsp3) is 0.941. The van der Waals surface area contributed by atoms with Crippen LogP contribution in [-0.2, 0) is 9.53 Å². The monoisotopic (exact) mass is 281 g/mol. The first-order valence-electron chi connectivity index (χ1n) is 8.72. The summed E-state index contributed by atoms with van der Waals surface area (Å²) < 4.78 is 5.14. The van der Waals surface area contributed by atoms with Crippen molar-refractivity contribution >= 4 is 5.97 Å². The SMILES string of the molecule is CCOC(=O)C1CCC(NC2CCCCCCC2)CC1. The highest BCUT2D eigenvalue weighted by molar-refractivity contribution is 5.72. The van der Waals surface area contributed by atoms with Gasteiger partial charge in [-0.3, -0.25) is 4.79 Å². The predicted octanol–water partition coefficient (Wildman–Crippen LogP) is 3.81. The van der Waals surface area contributed by atoms with Gasteiger partial charge in [0.05, 0.1) is 12.5 Å². The molecule has 0 amide bonds. The first-order valence-corrected chi connectivity index (χ1v) is 8.72. The molecule has 2 fully saturated rings. The van der Waals surface area contributed by atoms with Crippen LogP contribution in [-0.4, -0.2) is 24.7 Å². The predicted molar refractivity (Wildman–Crippen MR) is 81.6 cm³/mol. The van der Waals surface area contributed by atoms with Gasteiger partial charge in [-0.1, -0.05) is 32.1 Å². The standard InChI is InChI=1S/C17H31NO2/c1-2-20-17(19)14-10-12-16(13-11-14)18-15-8-6-4-3-5-7-9-15/h14-16,18H,2-13H2,1H3. The van der Waals surface area contributed by atoms with Gasteiger partial charge in [-0.15, -0.1) is 0 Å². The minimum atomic E-state index is 0.0249. The molecule has 20 heavy (non-hydrogen) atoms. The zero-order chi connectivity index (χ0) is 14.2. The highest BCUT2D eigenvalue weighted by Gasteiger charge is 2.28. The lowest BCUT2D eigenvalue weighted by molar-refractivity contribution is -0.149. The Bertz CT molecular complexity index is 277. The molecular formula is C17H31NO2. The first-order chi connectivity index (χ1) is 9.79. The summed E-state index contributed by atoms with van der Waals surface area (Å²) in [5.41, 5.74) is 0. The molecule has 3 heteroatoms. The summed E-state index contributed by atoms with van der Waals surface area (Å²) in [6, 6.07) is 1.35. The molecule has 0 atom stereocenters. The molecule has 2 aliphatic rings. The first kappa shape index (κ1) is 15.8. The van der Waals surface area contributed by atoms with E-state index in [4.69, 9.17) is 4.74 Å². The molecular weight excluding hydrogens is 250 g/mol. The smallest absolute Gasteiger partial charge is 0.308 e. The number of carbonyl (C=O) groups excluding carboxylic acids is 1. The van der Waals surface area contributed by atoms with Gasteiger partial charge in [0.15, 0.2) is 0 Å². The second-order valence-electron chi connectivity index (χ2n) is 6.51. The molecule has 0 bridgehead atoms. The van der Waals surface area contributed by atoms with Crippen molar-refractivity contribution in [3.05, 3.63) is 0 Å². The number of nitrogens with one attached hydrogen (secondary N) is 1.